The van der Waals surface area contributed by atoms with Gasteiger partial charge in [0.25, 0.3) is 0 Å². The first-order valence-corrected chi connectivity index (χ1v) is 7.23. The number of hydrogen-bond acceptors (Lipinski definition) is 3. The lowest BCUT2D eigenvalue weighted by atomic mass is 10.0. The van der Waals surface area contributed by atoms with Gasteiger partial charge in [0.1, 0.15) is 5.82 Å². The molecule has 0 spiro atoms. The zero-order valence-corrected chi connectivity index (χ0v) is 12.5. The third kappa shape index (κ3) is 4.05. The summed E-state index contributed by atoms with van der Waals surface area (Å²) >= 11 is 0. The number of aromatic nitrogens is 2. The lowest BCUT2D eigenvalue weighted by molar-refractivity contribution is 0.585. The second-order valence-corrected chi connectivity index (χ2v) is 4.93. The molecule has 0 radical (unpaired) electrons. The van der Waals surface area contributed by atoms with Gasteiger partial charge in [-0.2, -0.15) is 0 Å². The predicted octanol–water partition coefficient (Wildman–Crippen LogP) is 2.70. The summed E-state index contributed by atoms with van der Waals surface area (Å²) < 4.78 is 0. The van der Waals surface area contributed by atoms with Crippen LogP contribution in [-0.4, -0.2) is 22.6 Å². The SMILES string of the molecule is CCc1nc(CC)c(CCNC(C)C)c(CC)n1. The first-order valence-electron chi connectivity index (χ1n) is 7.23. The summed E-state index contributed by atoms with van der Waals surface area (Å²) in [6.45, 7) is 11.8. The van der Waals surface area contributed by atoms with Crippen LogP contribution in [-0.2, 0) is 25.7 Å². The third-order valence-electron chi connectivity index (χ3n) is 3.14. The Morgan fingerprint density at radius 2 is 1.50 bits per heavy atom. The summed E-state index contributed by atoms with van der Waals surface area (Å²) in [5.41, 5.74) is 3.85. The maximum absolute atomic E-state index is 4.68. The topological polar surface area (TPSA) is 37.8 Å². The fourth-order valence-electron chi connectivity index (χ4n) is 2.16. The second kappa shape index (κ2) is 7.47. The monoisotopic (exact) mass is 249 g/mol. The molecule has 1 aromatic heterocycles. The van der Waals surface area contributed by atoms with Gasteiger partial charge in [-0.05, 0) is 31.4 Å². The molecule has 0 fully saturated rings. The van der Waals surface area contributed by atoms with Crippen molar-refractivity contribution >= 4 is 0 Å². The number of hydrogen-bond donors (Lipinski definition) is 1. The summed E-state index contributed by atoms with van der Waals surface area (Å²) in [7, 11) is 0. The van der Waals surface area contributed by atoms with Crippen LogP contribution in [0.25, 0.3) is 0 Å². The largest absolute Gasteiger partial charge is 0.314 e. The highest BCUT2D eigenvalue weighted by atomic mass is 14.9. The van der Waals surface area contributed by atoms with Gasteiger partial charge in [-0.25, -0.2) is 9.97 Å². The molecule has 0 unspecified atom stereocenters. The van der Waals surface area contributed by atoms with Crippen LogP contribution in [0.5, 0.6) is 0 Å². The summed E-state index contributed by atoms with van der Waals surface area (Å²) in [6.07, 6.45) is 3.96. The first kappa shape index (κ1) is 15.1. The average Bonchev–Trinajstić information content (AvgIpc) is 2.37. The fraction of sp³-hybridized carbons (Fsp3) is 0.733. The Hall–Kier alpha value is -0.960. The molecule has 0 aromatic carbocycles. The van der Waals surface area contributed by atoms with E-state index < -0.39 is 0 Å². The molecule has 0 atom stereocenters. The molecule has 0 saturated heterocycles. The van der Waals surface area contributed by atoms with E-state index >= 15 is 0 Å². The van der Waals surface area contributed by atoms with E-state index in [9.17, 15) is 0 Å². The zero-order valence-electron chi connectivity index (χ0n) is 12.5. The first-order chi connectivity index (χ1) is 8.62. The van der Waals surface area contributed by atoms with Crippen molar-refractivity contribution in [1.29, 1.82) is 0 Å². The lowest BCUT2D eigenvalue weighted by Crippen LogP contribution is -2.26. The van der Waals surface area contributed by atoms with Gasteiger partial charge in [0.15, 0.2) is 0 Å². The van der Waals surface area contributed by atoms with Crippen LogP contribution in [0.15, 0.2) is 0 Å². The molecule has 18 heavy (non-hydrogen) atoms. The van der Waals surface area contributed by atoms with Gasteiger partial charge in [-0.1, -0.05) is 34.6 Å². The Morgan fingerprint density at radius 3 is 1.89 bits per heavy atom. The molecule has 1 rings (SSSR count). The molecule has 0 aliphatic rings. The molecule has 102 valence electrons. The Kier molecular flexibility index (Phi) is 6.27. The predicted molar refractivity (Wildman–Crippen MR) is 77.0 cm³/mol. The zero-order chi connectivity index (χ0) is 13.5. The molecule has 3 nitrogen and oxygen atoms in total. The van der Waals surface area contributed by atoms with E-state index in [-0.39, 0.29) is 0 Å². The number of nitrogens with zero attached hydrogens (tertiary/aromatic N) is 2. The fourth-order valence-corrected chi connectivity index (χ4v) is 2.16. The molecule has 0 aliphatic carbocycles. The van der Waals surface area contributed by atoms with Gasteiger partial charge in [-0.3, -0.25) is 0 Å². The molecule has 1 aromatic rings. The minimum Gasteiger partial charge on any atom is -0.314 e. The van der Waals surface area contributed by atoms with E-state index in [4.69, 9.17) is 0 Å². The smallest absolute Gasteiger partial charge is 0.128 e. The minimum absolute atomic E-state index is 0.538. The summed E-state index contributed by atoms with van der Waals surface area (Å²) in [4.78, 5) is 9.35. The van der Waals surface area contributed by atoms with Crippen molar-refractivity contribution in [2.24, 2.45) is 0 Å². The van der Waals surface area contributed by atoms with E-state index in [1.165, 1.54) is 17.0 Å². The highest BCUT2D eigenvalue weighted by Crippen LogP contribution is 2.14. The van der Waals surface area contributed by atoms with Gasteiger partial charge < -0.3 is 5.32 Å². The van der Waals surface area contributed by atoms with Crippen LogP contribution >= 0.6 is 0 Å². The van der Waals surface area contributed by atoms with E-state index in [1.54, 1.807) is 0 Å². The Bertz CT molecular complexity index is 347. The van der Waals surface area contributed by atoms with Crippen LogP contribution in [0.4, 0.5) is 0 Å². The Labute approximate surface area is 111 Å². The van der Waals surface area contributed by atoms with Crippen molar-refractivity contribution < 1.29 is 0 Å². The van der Waals surface area contributed by atoms with Gasteiger partial charge in [0.2, 0.25) is 0 Å². The molecule has 0 bridgehead atoms. The van der Waals surface area contributed by atoms with Crippen LogP contribution in [0, 0.1) is 0 Å². The maximum Gasteiger partial charge on any atom is 0.128 e. The minimum atomic E-state index is 0.538. The molecule has 3 heteroatoms. The molecule has 1 heterocycles. The van der Waals surface area contributed by atoms with Crippen molar-refractivity contribution in [1.82, 2.24) is 15.3 Å². The van der Waals surface area contributed by atoms with Crippen LogP contribution in [0.2, 0.25) is 0 Å². The molecular weight excluding hydrogens is 222 g/mol. The van der Waals surface area contributed by atoms with Gasteiger partial charge in [-0.15, -0.1) is 0 Å². The maximum atomic E-state index is 4.68. The summed E-state index contributed by atoms with van der Waals surface area (Å²) in [5.74, 6) is 0.990. The molecule has 0 amide bonds. The van der Waals surface area contributed by atoms with Gasteiger partial charge >= 0.3 is 0 Å². The Morgan fingerprint density at radius 1 is 0.944 bits per heavy atom. The van der Waals surface area contributed by atoms with Crippen molar-refractivity contribution in [3.8, 4) is 0 Å². The molecule has 0 saturated carbocycles. The summed E-state index contributed by atoms with van der Waals surface area (Å²) in [5, 5.41) is 3.47. The second-order valence-electron chi connectivity index (χ2n) is 4.93. The third-order valence-corrected chi connectivity index (χ3v) is 3.14. The normalized spacial score (nSPS) is 11.2. The number of aryl methyl sites for hydroxylation is 3. The van der Waals surface area contributed by atoms with E-state index in [0.717, 1.165) is 38.1 Å². The van der Waals surface area contributed by atoms with Crippen molar-refractivity contribution in [2.45, 2.75) is 66.3 Å². The standard InChI is InChI=1S/C15H27N3/c1-6-13-12(9-10-16-11(4)5)14(7-2)18-15(8-3)17-13/h11,16H,6-10H2,1-5H3. The van der Waals surface area contributed by atoms with Gasteiger partial charge in [0, 0.05) is 23.9 Å². The van der Waals surface area contributed by atoms with Crippen molar-refractivity contribution in [3.63, 3.8) is 0 Å². The van der Waals surface area contributed by atoms with Crippen molar-refractivity contribution in [3.05, 3.63) is 22.8 Å². The average molecular weight is 249 g/mol. The van der Waals surface area contributed by atoms with Crippen LogP contribution in [0.3, 0.4) is 0 Å². The number of rotatable bonds is 7. The molecular formula is C15H27N3. The number of nitrogens with one attached hydrogen (secondary N) is 1. The van der Waals surface area contributed by atoms with E-state index in [0.29, 0.717) is 6.04 Å². The van der Waals surface area contributed by atoms with Crippen molar-refractivity contribution in [2.75, 3.05) is 6.54 Å². The highest BCUT2D eigenvalue weighted by Gasteiger charge is 2.11. The van der Waals surface area contributed by atoms with Crippen LogP contribution in [0.1, 0.15) is 57.4 Å². The van der Waals surface area contributed by atoms with Gasteiger partial charge in [0.05, 0.1) is 0 Å². The highest BCUT2D eigenvalue weighted by molar-refractivity contribution is 5.27. The summed E-state index contributed by atoms with van der Waals surface area (Å²) in [6, 6.07) is 0.538. The van der Waals surface area contributed by atoms with E-state index in [1.807, 2.05) is 0 Å². The van der Waals surface area contributed by atoms with Crippen LogP contribution < -0.4 is 5.32 Å². The quantitative estimate of drug-likeness (QED) is 0.807. The molecule has 1 N–H and O–H groups in total. The lowest BCUT2D eigenvalue weighted by Gasteiger charge is -2.14. The van der Waals surface area contributed by atoms with E-state index in [2.05, 4.69) is 49.9 Å². The molecule has 0 aliphatic heterocycles. The Balaban J connectivity index is 2.92.